The van der Waals surface area contributed by atoms with Crippen molar-refractivity contribution >= 4 is 23.2 Å². The number of anilines is 1. The molecule has 0 bridgehead atoms. The zero-order valence-corrected chi connectivity index (χ0v) is 12.9. The predicted octanol–water partition coefficient (Wildman–Crippen LogP) is 3.94. The van der Waals surface area contributed by atoms with Gasteiger partial charge in [0.05, 0.1) is 12.6 Å². The van der Waals surface area contributed by atoms with E-state index >= 15 is 0 Å². The van der Waals surface area contributed by atoms with E-state index in [0.717, 1.165) is 16.8 Å². The molecule has 0 heterocycles. The van der Waals surface area contributed by atoms with Crippen molar-refractivity contribution in [3.05, 3.63) is 64.7 Å². The van der Waals surface area contributed by atoms with E-state index in [4.69, 9.17) is 11.6 Å². The normalized spacial score (nSPS) is 11.8. The van der Waals surface area contributed by atoms with Crippen molar-refractivity contribution in [2.75, 3.05) is 11.9 Å². The zero-order valence-electron chi connectivity index (χ0n) is 12.2. The summed E-state index contributed by atoms with van der Waals surface area (Å²) >= 11 is 5.86. The largest absolute Gasteiger partial charge is 0.376 e. The molecule has 0 radical (unpaired) electrons. The molecule has 2 N–H and O–H groups in total. The molecule has 0 fully saturated rings. The molecule has 2 rings (SSSR count). The van der Waals surface area contributed by atoms with E-state index in [9.17, 15) is 4.79 Å². The van der Waals surface area contributed by atoms with E-state index in [1.54, 1.807) is 0 Å². The average Bonchev–Trinajstić information content (AvgIpc) is 2.46. The quantitative estimate of drug-likeness (QED) is 0.878. The van der Waals surface area contributed by atoms with Crippen molar-refractivity contribution in [1.82, 2.24) is 5.32 Å². The maximum atomic E-state index is 12.0. The standard InChI is InChI=1S/C17H19ClN2O/c1-12-4-3-5-16(10-12)19-11-17(21)20-13(2)14-6-8-15(18)9-7-14/h3-10,13,19H,11H2,1-2H3,(H,20,21). The summed E-state index contributed by atoms with van der Waals surface area (Å²) in [5.74, 6) is -0.0426. The molecule has 110 valence electrons. The highest BCUT2D eigenvalue weighted by Crippen LogP contribution is 2.16. The van der Waals surface area contributed by atoms with Crippen LogP contribution in [0.15, 0.2) is 48.5 Å². The number of hydrogen-bond donors (Lipinski definition) is 2. The maximum absolute atomic E-state index is 12.0. The van der Waals surface area contributed by atoms with Gasteiger partial charge < -0.3 is 10.6 Å². The lowest BCUT2D eigenvalue weighted by molar-refractivity contribution is -0.120. The highest BCUT2D eigenvalue weighted by molar-refractivity contribution is 6.30. The fourth-order valence-electron chi connectivity index (χ4n) is 2.06. The second-order valence-corrected chi connectivity index (χ2v) is 5.50. The second-order valence-electron chi connectivity index (χ2n) is 5.06. The Bertz CT molecular complexity index is 610. The number of hydrogen-bond acceptors (Lipinski definition) is 2. The predicted molar refractivity (Wildman–Crippen MR) is 87.7 cm³/mol. The lowest BCUT2D eigenvalue weighted by atomic mass is 10.1. The van der Waals surface area contributed by atoms with Crippen LogP contribution in [0.1, 0.15) is 24.1 Å². The molecule has 0 aliphatic carbocycles. The molecule has 21 heavy (non-hydrogen) atoms. The number of carbonyl (C=O) groups excluding carboxylic acids is 1. The van der Waals surface area contributed by atoms with Crippen LogP contribution in [0.3, 0.4) is 0 Å². The Morgan fingerprint density at radius 1 is 1.19 bits per heavy atom. The smallest absolute Gasteiger partial charge is 0.239 e. The Morgan fingerprint density at radius 3 is 2.57 bits per heavy atom. The molecule has 3 nitrogen and oxygen atoms in total. The topological polar surface area (TPSA) is 41.1 Å². The minimum Gasteiger partial charge on any atom is -0.376 e. The fourth-order valence-corrected chi connectivity index (χ4v) is 2.19. The lowest BCUT2D eigenvalue weighted by Crippen LogP contribution is -2.32. The molecule has 0 aromatic heterocycles. The monoisotopic (exact) mass is 302 g/mol. The van der Waals surface area contributed by atoms with Gasteiger partial charge in [-0.3, -0.25) is 4.79 Å². The lowest BCUT2D eigenvalue weighted by Gasteiger charge is -2.15. The summed E-state index contributed by atoms with van der Waals surface area (Å²) in [4.78, 5) is 12.0. The molecular weight excluding hydrogens is 284 g/mol. The zero-order chi connectivity index (χ0) is 15.2. The van der Waals surface area contributed by atoms with Gasteiger partial charge in [0.25, 0.3) is 0 Å². The van der Waals surface area contributed by atoms with Crippen LogP contribution in [0.4, 0.5) is 5.69 Å². The average molecular weight is 303 g/mol. The van der Waals surface area contributed by atoms with Crippen LogP contribution >= 0.6 is 11.6 Å². The minimum absolute atomic E-state index is 0.0426. The van der Waals surface area contributed by atoms with Crippen molar-refractivity contribution in [3.8, 4) is 0 Å². The minimum atomic E-state index is -0.0472. The number of nitrogens with one attached hydrogen (secondary N) is 2. The first kappa shape index (κ1) is 15.4. The molecule has 0 aliphatic rings. The van der Waals surface area contributed by atoms with Gasteiger partial charge in [-0.05, 0) is 49.2 Å². The first-order valence-electron chi connectivity index (χ1n) is 6.90. The van der Waals surface area contributed by atoms with Gasteiger partial charge >= 0.3 is 0 Å². The van der Waals surface area contributed by atoms with Crippen molar-refractivity contribution in [2.45, 2.75) is 19.9 Å². The third-order valence-corrected chi connectivity index (χ3v) is 3.47. The van der Waals surface area contributed by atoms with E-state index in [0.29, 0.717) is 5.02 Å². The SMILES string of the molecule is Cc1cccc(NCC(=O)NC(C)c2ccc(Cl)cc2)c1. The van der Waals surface area contributed by atoms with Gasteiger partial charge in [0.15, 0.2) is 0 Å². The fraction of sp³-hybridized carbons (Fsp3) is 0.235. The number of rotatable bonds is 5. The first-order valence-corrected chi connectivity index (χ1v) is 7.28. The molecule has 2 aromatic rings. The van der Waals surface area contributed by atoms with Gasteiger partial charge in [-0.2, -0.15) is 0 Å². The van der Waals surface area contributed by atoms with Crippen LogP contribution < -0.4 is 10.6 Å². The highest BCUT2D eigenvalue weighted by atomic mass is 35.5. The van der Waals surface area contributed by atoms with E-state index in [2.05, 4.69) is 10.6 Å². The third-order valence-electron chi connectivity index (χ3n) is 3.22. The van der Waals surface area contributed by atoms with E-state index < -0.39 is 0 Å². The van der Waals surface area contributed by atoms with Crippen molar-refractivity contribution < 1.29 is 4.79 Å². The van der Waals surface area contributed by atoms with Crippen molar-refractivity contribution in [2.24, 2.45) is 0 Å². The van der Waals surface area contributed by atoms with Crippen LogP contribution in [0.25, 0.3) is 0 Å². The number of aryl methyl sites for hydroxylation is 1. The molecular formula is C17H19ClN2O. The number of carbonyl (C=O) groups is 1. The Kier molecular flexibility index (Phi) is 5.23. The summed E-state index contributed by atoms with van der Waals surface area (Å²) in [6.45, 7) is 4.23. The highest BCUT2D eigenvalue weighted by Gasteiger charge is 2.09. The molecule has 0 saturated carbocycles. The Balaban J connectivity index is 1.85. The van der Waals surface area contributed by atoms with Crippen LogP contribution in [0, 0.1) is 6.92 Å². The van der Waals surface area contributed by atoms with Gasteiger partial charge in [0.1, 0.15) is 0 Å². The number of amides is 1. The van der Waals surface area contributed by atoms with Crippen LogP contribution in [-0.4, -0.2) is 12.5 Å². The van der Waals surface area contributed by atoms with E-state index in [1.165, 1.54) is 0 Å². The van der Waals surface area contributed by atoms with E-state index in [1.807, 2.05) is 62.4 Å². The van der Waals surface area contributed by atoms with Gasteiger partial charge in [-0.15, -0.1) is 0 Å². The molecule has 1 unspecified atom stereocenters. The summed E-state index contributed by atoms with van der Waals surface area (Å²) in [6, 6.07) is 15.4. The summed E-state index contributed by atoms with van der Waals surface area (Å²) in [5, 5.41) is 6.77. The van der Waals surface area contributed by atoms with Gasteiger partial charge in [-0.25, -0.2) is 0 Å². The molecule has 4 heteroatoms. The molecule has 1 amide bonds. The number of benzene rings is 2. The van der Waals surface area contributed by atoms with Gasteiger partial charge in [-0.1, -0.05) is 35.9 Å². The van der Waals surface area contributed by atoms with Gasteiger partial charge in [0.2, 0.25) is 5.91 Å². The summed E-state index contributed by atoms with van der Waals surface area (Å²) < 4.78 is 0. The maximum Gasteiger partial charge on any atom is 0.239 e. The Labute approximate surface area is 130 Å². The Hall–Kier alpha value is -2.00. The molecule has 0 aliphatic heterocycles. The molecule has 2 aromatic carbocycles. The van der Waals surface area contributed by atoms with E-state index in [-0.39, 0.29) is 18.5 Å². The third kappa shape index (κ3) is 4.80. The molecule has 0 spiro atoms. The molecule has 1 atom stereocenters. The number of halogens is 1. The van der Waals surface area contributed by atoms with Crippen LogP contribution in [0.5, 0.6) is 0 Å². The Morgan fingerprint density at radius 2 is 1.90 bits per heavy atom. The summed E-state index contributed by atoms with van der Waals surface area (Å²) in [6.07, 6.45) is 0. The second kappa shape index (κ2) is 7.14. The summed E-state index contributed by atoms with van der Waals surface area (Å²) in [7, 11) is 0. The van der Waals surface area contributed by atoms with Crippen LogP contribution in [-0.2, 0) is 4.79 Å². The molecule has 0 saturated heterocycles. The van der Waals surface area contributed by atoms with Gasteiger partial charge in [0, 0.05) is 10.7 Å². The van der Waals surface area contributed by atoms with Crippen molar-refractivity contribution in [3.63, 3.8) is 0 Å². The first-order chi connectivity index (χ1) is 10.0. The summed E-state index contributed by atoms with van der Waals surface area (Å²) in [5.41, 5.74) is 3.14. The van der Waals surface area contributed by atoms with Crippen LogP contribution in [0.2, 0.25) is 5.02 Å². The van der Waals surface area contributed by atoms with Crippen molar-refractivity contribution in [1.29, 1.82) is 0 Å².